The van der Waals surface area contributed by atoms with Gasteiger partial charge in [0, 0.05) is 10.9 Å². The van der Waals surface area contributed by atoms with Gasteiger partial charge in [-0.15, -0.1) is 0 Å². The zero-order valence-electron chi connectivity index (χ0n) is 14.5. The van der Waals surface area contributed by atoms with E-state index in [2.05, 4.69) is 10.3 Å². The van der Waals surface area contributed by atoms with E-state index in [9.17, 15) is 9.90 Å². The summed E-state index contributed by atoms with van der Waals surface area (Å²) in [5.74, 6) is 0.481. The summed E-state index contributed by atoms with van der Waals surface area (Å²) in [4.78, 5) is 15.6. The van der Waals surface area contributed by atoms with Gasteiger partial charge in [-0.3, -0.25) is 4.79 Å². The second-order valence-corrected chi connectivity index (χ2v) is 6.25. The lowest BCUT2D eigenvalue weighted by molar-refractivity contribution is 0.0848. The van der Waals surface area contributed by atoms with Gasteiger partial charge in [-0.25, -0.2) is 0 Å². The molecule has 0 aliphatic carbocycles. The summed E-state index contributed by atoms with van der Waals surface area (Å²) in [7, 11) is 1.59. The number of aromatic amines is 1. The number of H-pyrrole nitrogens is 1. The second-order valence-electron chi connectivity index (χ2n) is 6.25. The monoisotopic (exact) mass is 338 g/mol. The molecule has 2 aromatic carbocycles. The molecule has 0 saturated heterocycles. The summed E-state index contributed by atoms with van der Waals surface area (Å²) in [5.41, 5.74) is 3.26. The van der Waals surface area contributed by atoms with Crippen molar-refractivity contribution >= 4 is 16.8 Å². The predicted molar refractivity (Wildman–Crippen MR) is 97.9 cm³/mol. The summed E-state index contributed by atoms with van der Waals surface area (Å²) in [6.45, 7) is 3.78. The fourth-order valence-corrected chi connectivity index (χ4v) is 2.82. The maximum Gasteiger partial charge on any atom is 0.268 e. The van der Waals surface area contributed by atoms with Crippen molar-refractivity contribution in [3.05, 3.63) is 65.4 Å². The summed E-state index contributed by atoms with van der Waals surface area (Å²) in [6.07, 6.45) is -0.804. The quantitative estimate of drug-likeness (QED) is 0.668. The molecule has 3 N–H and O–H groups in total. The third kappa shape index (κ3) is 3.67. The van der Waals surface area contributed by atoms with E-state index in [-0.39, 0.29) is 5.91 Å². The van der Waals surface area contributed by atoms with E-state index >= 15 is 0 Å². The number of aliphatic hydroxyl groups is 1. The minimum Gasteiger partial charge on any atom is -0.497 e. The Labute approximate surface area is 146 Å². The van der Waals surface area contributed by atoms with E-state index in [4.69, 9.17) is 4.74 Å². The van der Waals surface area contributed by atoms with Crippen LogP contribution in [0.15, 0.2) is 48.5 Å². The van der Waals surface area contributed by atoms with Gasteiger partial charge in [0.1, 0.15) is 11.4 Å². The van der Waals surface area contributed by atoms with Crippen molar-refractivity contribution < 1.29 is 14.6 Å². The highest BCUT2D eigenvalue weighted by molar-refractivity contribution is 5.98. The number of aryl methyl sites for hydroxylation is 1. The number of ether oxygens (including phenoxy) is 1. The normalized spacial score (nSPS) is 13.4. The summed E-state index contributed by atoms with van der Waals surface area (Å²) >= 11 is 0. The molecule has 0 aliphatic heterocycles. The summed E-state index contributed by atoms with van der Waals surface area (Å²) in [6, 6.07) is 14.5. The average Bonchev–Trinajstić information content (AvgIpc) is 3.04. The molecule has 0 radical (unpaired) electrons. The molecule has 1 amide bonds. The van der Waals surface area contributed by atoms with Crippen LogP contribution in [0.2, 0.25) is 0 Å². The van der Waals surface area contributed by atoms with Crippen LogP contribution in [0, 0.1) is 6.92 Å². The largest absolute Gasteiger partial charge is 0.497 e. The van der Waals surface area contributed by atoms with Crippen molar-refractivity contribution in [1.82, 2.24) is 10.3 Å². The average molecular weight is 338 g/mol. The Balaban J connectivity index is 1.71. The lowest BCUT2D eigenvalue weighted by atomic mass is 10.0. The molecule has 2 atom stereocenters. The Morgan fingerprint density at radius 1 is 1.16 bits per heavy atom. The van der Waals surface area contributed by atoms with E-state index in [0.29, 0.717) is 5.69 Å². The van der Waals surface area contributed by atoms with Crippen LogP contribution in [0.3, 0.4) is 0 Å². The number of aliphatic hydroxyl groups excluding tert-OH is 1. The van der Waals surface area contributed by atoms with E-state index in [1.807, 2.05) is 31.2 Å². The van der Waals surface area contributed by atoms with Crippen LogP contribution >= 0.6 is 0 Å². The molecule has 1 aromatic heterocycles. The molecule has 2 unspecified atom stereocenters. The number of hydrogen-bond donors (Lipinski definition) is 3. The van der Waals surface area contributed by atoms with Gasteiger partial charge in [-0.2, -0.15) is 0 Å². The van der Waals surface area contributed by atoms with Gasteiger partial charge in [-0.1, -0.05) is 24.3 Å². The minimum atomic E-state index is -0.804. The van der Waals surface area contributed by atoms with Crippen molar-refractivity contribution in [2.45, 2.75) is 26.0 Å². The number of fused-ring (bicyclic) bond motifs is 1. The number of amides is 1. The first-order chi connectivity index (χ1) is 12.0. The van der Waals surface area contributed by atoms with Crippen LogP contribution in [0.4, 0.5) is 0 Å². The van der Waals surface area contributed by atoms with E-state index < -0.39 is 12.1 Å². The third-order valence-corrected chi connectivity index (χ3v) is 4.31. The van der Waals surface area contributed by atoms with E-state index in [0.717, 1.165) is 27.8 Å². The first kappa shape index (κ1) is 17.0. The molecule has 3 aromatic rings. The zero-order chi connectivity index (χ0) is 18.0. The molecular weight excluding hydrogens is 316 g/mol. The first-order valence-corrected chi connectivity index (χ1v) is 8.20. The fraction of sp³-hybridized carbons (Fsp3) is 0.250. The highest BCUT2D eigenvalue weighted by Crippen LogP contribution is 2.21. The van der Waals surface area contributed by atoms with Crippen LogP contribution in [0.25, 0.3) is 10.9 Å². The van der Waals surface area contributed by atoms with Gasteiger partial charge < -0.3 is 20.1 Å². The van der Waals surface area contributed by atoms with Crippen molar-refractivity contribution in [2.75, 3.05) is 7.11 Å². The maximum absolute atomic E-state index is 12.5. The van der Waals surface area contributed by atoms with Crippen molar-refractivity contribution in [3.63, 3.8) is 0 Å². The van der Waals surface area contributed by atoms with Crippen LogP contribution in [-0.4, -0.2) is 29.1 Å². The molecule has 3 rings (SSSR count). The Bertz CT molecular complexity index is 884. The molecule has 0 bridgehead atoms. The van der Waals surface area contributed by atoms with Gasteiger partial charge in [0.05, 0.1) is 19.3 Å². The molecule has 0 spiro atoms. The topological polar surface area (TPSA) is 74.3 Å². The lowest BCUT2D eigenvalue weighted by Gasteiger charge is -2.20. The number of nitrogens with one attached hydrogen (secondary N) is 2. The van der Waals surface area contributed by atoms with Crippen LogP contribution in [0.5, 0.6) is 5.75 Å². The smallest absolute Gasteiger partial charge is 0.268 e. The number of hydrogen-bond acceptors (Lipinski definition) is 3. The SMILES string of the molecule is COc1ccc(C(O)C(C)NC(=O)c2cc3ccc(C)cc3[nH]2)cc1. The Kier molecular flexibility index (Phi) is 4.76. The van der Waals surface area contributed by atoms with E-state index in [1.165, 1.54) is 0 Å². The van der Waals surface area contributed by atoms with Crippen LogP contribution in [0.1, 0.15) is 34.6 Å². The first-order valence-electron chi connectivity index (χ1n) is 8.20. The number of aromatic nitrogens is 1. The predicted octanol–water partition coefficient (Wildman–Crippen LogP) is 3.34. The Morgan fingerprint density at radius 2 is 1.88 bits per heavy atom. The third-order valence-electron chi connectivity index (χ3n) is 4.31. The number of rotatable bonds is 5. The number of benzene rings is 2. The Hall–Kier alpha value is -2.79. The van der Waals surface area contributed by atoms with E-state index in [1.54, 1.807) is 38.3 Å². The van der Waals surface area contributed by atoms with Gasteiger partial charge in [0.2, 0.25) is 0 Å². The lowest BCUT2D eigenvalue weighted by Crippen LogP contribution is -2.37. The minimum absolute atomic E-state index is 0.242. The number of carbonyl (C=O) groups is 1. The summed E-state index contributed by atoms with van der Waals surface area (Å²) in [5, 5.41) is 14.3. The molecular formula is C20H22N2O3. The van der Waals surface area contributed by atoms with Gasteiger partial charge >= 0.3 is 0 Å². The second kappa shape index (κ2) is 6.99. The molecule has 130 valence electrons. The zero-order valence-corrected chi connectivity index (χ0v) is 14.5. The number of methoxy groups -OCH3 is 1. The van der Waals surface area contributed by atoms with Crippen LogP contribution in [-0.2, 0) is 0 Å². The summed E-state index contributed by atoms with van der Waals surface area (Å²) < 4.78 is 5.11. The molecule has 5 heteroatoms. The highest BCUT2D eigenvalue weighted by Gasteiger charge is 2.20. The molecule has 1 heterocycles. The van der Waals surface area contributed by atoms with Crippen LogP contribution < -0.4 is 10.1 Å². The molecule has 0 aliphatic rings. The van der Waals surface area contributed by atoms with Gasteiger partial charge in [-0.05, 0) is 49.2 Å². The fourth-order valence-electron chi connectivity index (χ4n) is 2.82. The maximum atomic E-state index is 12.5. The van der Waals surface area contributed by atoms with Gasteiger partial charge in [0.25, 0.3) is 5.91 Å². The van der Waals surface area contributed by atoms with Gasteiger partial charge in [0.15, 0.2) is 0 Å². The molecule has 5 nitrogen and oxygen atoms in total. The molecule has 0 saturated carbocycles. The molecule has 25 heavy (non-hydrogen) atoms. The number of carbonyl (C=O) groups excluding carboxylic acids is 1. The Morgan fingerprint density at radius 3 is 2.56 bits per heavy atom. The van der Waals surface area contributed by atoms with Crippen molar-refractivity contribution in [1.29, 1.82) is 0 Å². The highest BCUT2D eigenvalue weighted by atomic mass is 16.5. The van der Waals surface area contributed by atoms with Crippen molar-refractivity contribution in [3.8, 4) is 5.75 Å². The standard InChI is InChI=1S/C20H22N2O3/c1-12-4-5-15-11-18(22-17(15)10-12)20(24)21-13(2)19(23)14-6-8-16(25-3)9-7-14/h4-11,13,19,22-23H,1-3H3,(H,21,24). The molecule has 0 fully saturated rings. The van der Waals surface area contributed by atoms with Crippen molar-refractivity contribution in [2.24, 2.45) is 0 Å².